The molecule has 0 aliphatic carbocycles. The lowest BCUT2D eigenvalue weighted by Crippen LogP contribution is -2.30. The van der Waals surface area contributed by atoms with Crippen LogP contribution in [0.4, 0.5) is 0 Å². The largest absolute Gasteiger partial charge is 0.462 e. The first kappa shape index (κ1) is 69.3. The highest BCUT2D eigenvalue weighted by Gasteiger charge is 2.19. The van der Waals surface area contributed by atoms with Gasteiger partial charge in [0.05, 0.1) is 0 Å². The van der Waals surface area contributed by atoms with Gasteiger partial charge in [-0.1, -0.05) is 285 Å². The Labute approximate surface area is 451 Å². The molecule has 0 rings (SSSR count). The summed E-state index contributed by atoms with van der Waals surface area (Å²) in [7, 11) is 0. The van der Waals surface area contributed by atoms with E-state index in [1.165, 1.54) is 122 Å². The molecule has 0 N–H and O–H groups in total. The van der Waals surface area contributed by atoms with Gasteiger partial charge < -0.3 is 14.2 Å². The summed E-state index contributed by atoms with van der Waals surface area (Å²) in [5, 5.41) is 0. The number of unbranched alkanes of at least 4 members (excludes halogenated alkanes) is 28. The molecule has 73 heavy (non-hydrogen) atoms. The lowest BCUT2D eigenvalue weighted by molar-refractivity contribution is -0.167. The van der Waals surface area contributed by atoms with Crippen molar-refractivity contribution < 1.29 is 28.6 Å². The number of carbonyl (C=O) groups is 3. The molecule has 6 nitrogen and oxygen atoms in total. The van der Waals surface area contributed by atoms with E-state index in [-0.39, 0.29) is 31.1 Å². The number of ether oxygens (including phenoxy) is 3. The molecule has 0 amide bonds. The summed E-state index contributed by atoms with van der Waals surface area (Å²) in [4.78, 5) is 37.9. The molecule has 418 valence electrons. The molecule has 0 radical (unpaired) electrons. The Bertz CT molecular complexity index is 1440. The van der Waals surface area contributed by atoms with Crippen LogP contribution in [0.5, 0.6) is 0 Å². The maximum absolute atomic E-state index is 12.8. The summed E-state index contributed by atoms with van der Waals surface area (Å²) in [5.74, 6) is -0.917. The number of hydrogen-bond acceptors (Lipinski definition) is 6. The Kier molecular flexibility index (Phi) is 57.8. The minimum absolute atomic E-state index is 0.0844. The van der Waals surface area contributed by atoms with Crippen LogP contribution in [0, 0.1) is 0 Å². The maximum atomic E-state index is 12.8. The molecule has 1 unspecified atom stereocenters. The van der Waals surface area contributed by atoms with Gasteiger partial charge in [0, 0.05) is 19.3 Å². The van der Waals surface area contributed by atoms with Crippen LogP contribution >= 0.6 is 0 Å². The summed E-state index contributed by atoms with van der Waals surface area (Å²) >= 11 is 0. The van der Waals surface area contributed by atoms with Gasteiger partial charge in [-0.15, -0.1) is 0 Å². The first-order valence-electron chi connectivity index (χ1n) is 30.7. The van der Waals surface area contributed by atoms with E-state index in [1.54, 1.807) is 0 Å². The minimum atomic E-state index is -0.784. The van der Waals surface area contributed by atoms with E-state index >= 15 is 0 Å². The zero-order chi connectivity index (χ0) is 52.9. The molecule has 1 atom stereocenters. The SMILES string of the molecule is CC/C=C\C/C=C\C/C=C\C/C=C\C/C=C\C/C=C\C/C=C\C/C=C\CCCCCCC(=O)OCC(COC(=O)CCCCCCC)OC(=O)CCCCCCCCCCCCCCCCCCCCCCC. The summed E-state index contributed by atoms with van der Waals surface area (Å²) in [6, 6.07) is 0. The van der Waals surface area contributed by atoms with Crippen LogP contribution in [0.15, 0.2) is 97.2 Å². The van der Waals surface area contributed by atoms with E-state index in [1.807, 2.05) is 0 Å². The molecule has 0 spiro atoms. The van der Waals surface area contributed by atoms with Crippen molar-refractivity contribution in [3.8, 4) is 0 Å². The van der Waals surface area contributed by atoms with Crippen molar-refractivity contribution in [2.75, 3.05) is 13.2 Å². The topological polar surface area (TPSA) is 78.9 Å². The Balaban J connectivity index is 4.13. The van der Waals surface area contributed by atoms with Crippen LogP contribution in [0.1, 0.15) is 290 Å². The Hall–Kier alpha value is -3.67. The second-order valence-corrected chi connectivity index (χ2v) is 20.2. The molecule has 0 bridgehead atoms. The van der Waals surface area contributed by atoms with E-state index < -0.39 is 6.10 Å². The van der Waals surface area contributed by atoms with E-state index in [4.69, 9.17) is 14.2 Å². The lowest BCUT2D eigenvalue weighted by atomic mass is 10.0. The Morgan fingerprint density at radius 2 is 0.534 bits per heavy atom. The number of allylic oxidation sites excluding steroid dienone is 16. The van der Waals surface area contributed by atoms with Gasteiger partial charge in [0.15, 0.2) is 6.10 Å². The fraction of sp³-hybridized carbons (Fsp3) is 0.716. The third-order valence-electron chi connectivity index (χ3n) is 13.1. The third-order valence-corrected chi connectivity index (χ3v) is 13.1. The smallest absolute Gasteiger partial charge is 0.306 e. The predicted octanol–water partition coefficient (Wildman–Crippen LogP) is 20.9. The van der Waals surface area contributed by atoms with Gasteiger partial charge in [0.2, 0.25) is 0 Å². The van der Waals surface area contributed by atoms with Crippen molar-refractivity contribution in [2.45, 2.75) is 297 Å². The molecule has 0 heterocycles. The van der Waals surface area contributed by atoms with Crippen LogP contribution < -0.4 is 0 Å². The molecule has 0 aromatic rings. The Morgan fingerprint density at radius 1 is 0.288 bits per heavy atom. The number of carbonyl (C=O) groups excluding carboxylic acids is 3. The van der Waals surface area contributed by atoms with Gasteiger partial charge in [0.25, 0.3) is 0 Å². The first-order valence-corrected chi connectivity index (χ1v) is 30.7. The molecule has 6 heteroatoms. The average molecular weight is 1020 g/mol. The van der Waals surface area contributed by atoms with Crippen molar-refractivity contribution in [1.82, 2.24) is 0 Å². The molecule has 0 aromatic carbocycles. The van der Waals surface area contributed by atoms with E-state index in [9.17, 15) is 14.4 Å². The molecular formula is C67H114O6. The van der Waals surface area contributed by atoms with E-state index in [0.29, 0.717) is 19.3 Å². The highest BCUT2D eigenvalue weighted by molar-refractivity contribution is 5.71. The quantitative estimate of drug-likeness (QED) is 0.0261. The van der Waals surface area contributed by atoms with Gasteiger partial charge in [-0.2, -0.15) is 0 Å². The van der Waals surface area contributed by atoms with Gasteiger partial charge in [-0.25, -0.2) is 0 Å². The zero-order valence-corrected chi connectivity index (χ0v) is 47.9. The second-order valence-electron chi connectivity index (χ2n) is 20.2. The standard InChI is InChI=1S/C67H114O6/c1-4-7-10-13-15-17-19-21-23-25-27-29-30-31-32-33-34-35-36-38-39-41-43-45-47-49-51-54-57-60-66(69)72-63-64(62-71-65(68)59-56-53-12-9-6-3)73-67(70)61-58-55-52-50-48-46-44-42-40-37-28-26-24-22-20-18-16-14-11-8-5-2/h7,10,15,17,21,23,27,29,31-32,34-35,38-39,43,45,64H,4-6,8-9,11-14,16,18-20,22,24-26,28,30,33,36-37,40-42,44,46-63H2,1-3H3/b10-7-,17-15-,23-21-,29-27-,32-31-,35-34-,39-38-,45-43-. The van der Waals surface area contributed by atoms with Crippen LogP contribution in [-0.4, -0.2) is 37.2 Å². The van der Waals surface area contributed by atoms with Crippen molar-refractivity contribution >= 4 is 17.9 Å². The van der Waals surface area contributed by atoms with Gasteiger partial charge >= 0.3 is 17.9 Å². The summed E-state index contributed by atoms with van der Waals surface area (Å²) in [6.07, 6.45) is 81.7. The zero-order valence-electron chi connectivity index (χ0n) is 47.9. The molecule has 0 aromatic heterocycles. The first-order chi connectivity index (χ1) is 36.0. The van der Waals surface area contributed by atoms with Gasteiger partial charge in [0.1, 0.15) is 13.2 Å². The highest BCUT2D eigenvalue weighted by atomic mass is 16.6. The fourth-order valence-corrected chi connectivity index (χ4v) is 8.52. The summed E-state index contributed by atoms with van der Waals surface area (Å²) in [6.45, 7) is 6.44. The summed E-state index contributed by atoms with van der Waals surface area (Å²) in [5.41, 5.74) is 0. The lowest BCUT2D eigenvalue weighted by Gasteiger charge is -2.18. The van der Waals surface area contributed by atoms with Crippen molar-refractivity contribution in [2.24, 2.45) is 0 Å². The average Bonchev–Trinajstić information content (AvgIpc) is 3.39. The van der Waals surface area contributed by atoms with E-state index in [0.717, 1.165) is 128 Å². The number of hydrogen-bond donors (Lipinski definition) is 0. The maximum Gasteiger partial charge on any atom is 0.306 e. The van der Waals surface area contributed by atoms with Crippen molar-refractivity contribution in [3.63, 3.8) is 0 Å². The monoisotopic (exact) mass is 1010 g/mol. The minimum Gasteiger partial charge on any atom is -0.462 e. The highest BCUT2D eigenvalue weighted by Crippen LogP contribution is 2.16. The second kappa shape index (κ2) is 60.9. The van der Waals surface area contributed by atoms with E-state index in [2.05, 4.69) is 118 Å². The van der Waals surface area contributed by atoms with Crippen molar-refractivity contribution in [3.05, 3.63) is 97.2 Å². The Morgan fingerprint density at radius 3 is 0.836 bits per heavy atom. The predicted molar refractivity (Wildman–Crippen MR) is 316 cm³/mol. The molecule has 0 saturated carbocycles. The van der Waals surface area contributed by atoms with Crippen molar-refractivity contribution in [1.29, 1.82) is 0 Å². The molecule has 0 aliphatic heterocycles. The molecule has 0 saturated heterocycles. The number of rotatable bonds is 55. The molecular weight excluding hydrogens is 901 g/mol. The summed E-state index contributed by atoms with van der Waals surface area (Å²) < 4.78 is 16.7. The van der Waals surface area contributed by atoms with Crippen LogP contribution in [-0.2, 0) is 28.6 Å². The van der Waals surface area contributed by atoms with Crippen LogP contribution in [0.2, 0.25) is 0 Å². The molecule has 0 aliphatic rings. The number of esters is 3. The third kappa shape index (κ3) is 59.1. The fourth-order valence-electron chi connectivity index (χ4n) is 8.52. The normalized spacial score (nSPS) is 12.8. The molecule has 0 fully saturated rings. The van der Waals surface area contributed by atoms with Gasteiger partial charge in [-0.05, 0) is 83.5 Å². The van der Waals surface area contributed by atoms with Crippen LogP contribution in [0.3, 0.4) is 0 Å². The van der Waals surface area contributed by atoms with Crippen LogP contribution in [0.25, 0.3) is 0 Å². The van der Waals surface area contributed by atoms with Gasteiger partial charge in [-0.3, -0.25) is 14.4 Å².